The molecule has 1 aromatic heterocycles. The number of fused-ring (bicyclic) bond motifs is 1. The van der Waals surface area contributed by atoms with Crippen LogP contribution in [-0.4, -0.2) is 10.8 Å². The number of rotatable bonds is 3. The Kier molecular flexibility index (Phi) is 3.64. The van der Waals surface area contributed by atoms with E-state index in [4.69, 9.17) is 0 Å². The maximum absolute atomic E-state index is 12.5. The number of carbonyl (C=O) groups excluding carboxylic acids is 1. The Morgan fingerprint density at radius 3 is 2.95 bits per heavy atom. The highest BCUT2D eigenvalue weighted by Gasteiger charge is 2.23. The van der Waals surface area contributed by atoms with E-state index in [-0.39, 0.29) is 5.78 Å². The van der Waals surface area contributed by atoms with Crippen LogP contribution in [-0.2, 0) is 6.42 Å². The molecule has 1 atom stereocenters. The summed E-state index contributed by atoms with van der Waals surface area (Å²) in [6, 6.07) is 12.4. The van der Waals surface area contributed by atoms with Gasteiger partial charge >= 0.3 is 0 Å². The minimum Gasteiger partial charge on any atom is -0.292 e. The van der Waals surface area contributed by atoms with Crippen LogP contribution < -0.4 is 0 Å². The van der Waals surface area contributed by atoms with Gasteiger partial charge in [0.25, 0.3) is 0 Å². The van der Waals surface area contributed by atoms with Gasteiger partial charge in [-0.25, -0.2) is 0 Å². The average molecular weight is 265 g/mol. The number of nitrogens with zero attached hydrogens (tertiary/aromatic N) is 1. The van der Waals surface area contributed by atoms with Gasteiger partial charge in [-0.05, 0) is 54.9 Å². The zero-order chi connectivity index (χ0) is 13.9. The molecule has 1 aliphatic rings. The summed E-state index contributed by atoms with van der Waals surface area (Å²) in [5.74, 6) is 0.527. The van der Waals surface area contributed by atoms with E-state index in [1.165, 1.54) is 17.5 Å². The van der Waals surface area contributed by atoms with Gasteiger partial charge in [0.1, 0.15) is 5.69 Å². The molecule has 2 aromatic rings. The van der Waals surface area contributed by atoms with Crippen LogP contribution in [0.2, 0.25) is 0 Å². The highest BCUT2D eigenvalue weighted by atomic mass is 16.1. The lowest BCUT2D eigenvalue weighted by Crippen LogP contribution is -2.15. The molecule has 0 radical (unpaired) electrons. The largest absolute Gasteiger partial charge is 0.292 e. The molecule has 0 amide bonds. The first-order valence-corrected chi connectivity index (χ1v) is 7.28. The summed E-state index contributed by atoms with van der Waals surface area (Å²) in [6.45, 7) is 1.95. The van der Waals surface area contributed by atoms with Crippen LogP contribution in [0.15, 0.2) is 42.6 Å². The number of benzene rings is 1. The highest BCUT2D eigenvalue weighted by Crippen LogP contribution is 2.34. The fourth-order valence-corrected chi connectivity index (χ4v) is 3.16. The molecule has 2 nitrogen and oxygen atoms in total. The maximum atomic E-state index is 12.5. The number of ketones is 1. The first kappa shape index (κ1) is 13.0. The van der Waals surface area contributed by atoms with E-state index in [9.17, 15) is 4.79 Å². The Hall–Kier alpha value is -1.96. The predicted molar refractivity (Wildman–Crippen MR) is 80.0 cm³/mol. The number of Topliss-reactive ketones (excluding diaryl/α,β-unsaturated/α-hetero) is 1. The maximum Gasteiger partial charge on any atom is 0.182 e. The molecule has 1 unspecified atom stereocenters. The monoisotopic (exact) mass is 265 g/mol. The molecule has 0 aliphatic heterocycles. The lowest BCUT2D eigenvalue weighted by molar-refractivity contribution is 0.0965. The van der Waals surface area contributed by atoms with Gasteiger partial charge in [0, 0.05) is 12.6 Å². The van der Waals surface area contributed by atoms with E-state index < -0.39 is 0 Å². The normalized spacial score (nSPS) is 17.6. The molecule has 1 aromatic carbocycles. The number of hydrogen-bond acceptors (Lipinski definition) is 2. The van der Waals surface area contributed by atoms with Crippen molar-refractivity contribution >= 4 is 5.78 Å². The fraction of sp³-hybridized carbons (Fsp3) is 0.333. The lowest BCUT2D eigenvalue weighted by atomic mass is 9.80. The van der Waals surface area contributed by atoms with Crippen LogP contribution in [0.25, 0.3) is 0 Å². The topological polar surface area (TPSA) is 30.0 Å². The molecular weight excluding hydrogens is 246 g/mol. The van der Waals surface area contributed by atoms with Crippen molar-refractivity contribution in [1.82, 2.24) is 4.98 Å². The number of aryl methyl sites for hydroxylation is 2. The Morgan fingerprint density at radius 1 is 1.25 bits per heavy atom. The lowest BCUT2D eigenvalue weighted by Gasteiger charge is -2.25. The molecule has 3 rings (SSSR count). The van der Waals surface area contributed by atoms with Gasteiger partial charge in [-0.2, -0.15) is 0 Å². The van der Waals surface area contributed by atoms with Crippen LogP contribution in [0.5, 0.6) is 0 Å². The summed E-state index contributed by atoms with van der Waals surface area (Å²) < 4.78 is 0. The van der Waals surface area contributed by atoms with Crippen molar-refractivity contribution < 1.29 is 4.79 Å². The predicted octanol–water partition coefficient (Wildman–Crippen LogP) is 4.08. The van der Waals surface area contributed by atoms with Crippen LogP contribution in [0, 0.1) is 6.92 Å². The van der Waals surface area contributed by atoms with Gasteiger partial charge in [0.15, 0.2) is 5.78 Å². The minimum absolute atomic E-state index is 0.171. The molecule has 0 saturated heterocycles. The third-order valence-corrected chi connectivity index (χ3v) is 4.20. The smallest absolute Gasteiger partial charge is 0.182 e. The molecule has 0 bridgehead atoms. The number of carbonyl (C=O) groups is 1. The molecule has 0 fully saturated rings. The molecule has 20 heavy (non-hydrogen) atoms. The van der Waals surface area contributed by atoms with Crippen molar-refractivity contribution in [2.45, 2.75) is 38.5 Å². The summed E-state index contributed by atoms with van der Waals surface area (Å²) >= 11 is 0. The van der Waals surface area contributed by atoms with Gasteiger partial charge in [0.05, 0.1) is 0 Å². The third kappa shape index (κ3) is 2.51. The summed E-state index contributed by atoms with van der Waals surface area (Å²) in [6.07, 6.45) is 5.71. The van der Waals surface area contributed by atoms with Crippen LogP contribution >= 0.6 is 0 Å². The zero-order valence-electron chi connectivity index (χ0n) is 11.8. The van der Waals surface area contributed by atoms with Crippen molar-refractivity contribution in [3.63, 3.8) is 0 Å². The van der Waals surface area contributed by atoms with Crippen LogP contribution in [0.4, 0.5) is 0 Å². The Balaban J connectivity index is 1.83. The van der Waals surface area contributed by atoms with Gasteiger partial charge in [-0.15, -0.1) is 0 Å². The Labute approximate surface area is 119 Å². The number of pyridine rings is 1. The fourth-order valence-electron chi connectivity index (χ4n) is 3.16. The molecular formula is C18H19NO. The van der Waals surface area contributed by atoms with Gasteiger partial charge in [0.2, 0.25) is 0 Å². The van der Waals surface area contributed by atoms with E-state index in [1.54, 1.807) is 6.20 Å². The second kappa shape index (κ2) is 5.58. The minimum atomic E-state index is 0.171. The highest BCUT2D eigenvalue weighted by molar-refractivity contribution is 5.96. The molecule has 0 spiro atoms. The molecule has 1 heterocycles. The average Bonchev–Trinajstić information content (AvgIpc) is 2.48. The van der Waals surface area contributed by atoms with E-state index in [2.05, 4.69) is 29.2 Å². The van der Waals surface area contributed by atoms with Crippen molar-refractivity contribution in [3.05, 3.63) is 65.0 Å². The second-order valence-corrected chi connectivity index (χ2v) is 5.58. The van der Waals surface area contributed by atoms with Gasteiger partial charge < -0.3 is 0 Å². The van der Waals surface area contributed by atoms with E-state index >= 15 is 0 Å². The van der Waals surface area contributed by atoms with Crippen molar-refractivity contribution in [2.24, 2.45) is 0 Å². The van der Waals surface area contributed by atoms with Crippen molar-refractivity contribution in [2.75, 3.05) is 0 Å². The molecule has 102 valence electrons. The summed E-state index contributed by atoms with van der Waals surface area (Å²) in [4.78, 5) is 16.7. The van der Waals surface area contributed by atoms with E-state index in [0.29, 0.717) is 18.0 Å². The zero-order valence-corrected chi connectivity index (χ0v) is 11.8. The molecule has 2 heteroatoms. The SMILES string of the molecule is Cc1cccnc1C(=O)CC1CCCc2ccccc21. The first-order valence-electron chi connectivity index (χ1n) is 7.28. The summed E-state index contributed by atoms with van der Waals surface area (Å²) in [5.41, 5.74) is 4.38. The third-order valence-electron chi connectivity index (χ3n) is 4.20. The van der Waals surface area contributed by atoms with E-state index in [0.717, 1.165) is 18.4 Å². The second-order valence-electron chi connectivity index (χ2n) is 5.58. The standard InChI is InChI=1S/C18H19NO/c1-13-6-5-11-19-18(13)17(20)12-15-9-4-8-14-7-2-3-10-16(14)15/h2-3,5-7,10-11,15H,4,8-9,12H2,1H3. The Bertz CT molecular complexity index is 633. The van der Waals surface area contributed by atoms with Crippen molar-refractivity contribution in [3.8, 4) is 0 Å². The number of aromatic nitrogens is 1. The van der Waals surface area contributed by atoms with Crippen LogP contribution in [0.1, 0.15) is 52.4 Å². The molecule has 0 saturated carbocycles. The van der Waals surface area contributed by atoms with Gasteiger partial charge in [-0.3, -0.25) is 9.78 Å². The van der Waals surface area contributed by atoms with Gasteiger partial charge in [-0.1, -0.05) is 30.3 Å². The molecule has 1 aliphatic carbocycles. The van der Waals surface area contributed by atoms with E-state index in [1.807, 2.05) is 19.1 Å². The summed E-state index contributed by atoms with van der Waals surface area (Å²) in [7, 11) is 0. The molecule has 0 N–H and O–H groups in total. The number of hydrogen-bond donors (Lipinski definition) is 0. The quantitative estimate of drug-likeness (QED) is 0.783. The van der Waals surface area contributed by atoms with Crippen LogP contribution in [0.3, 0.4) is 0 Å². The Morgan fingerprint density at radius 2 is 2.10 bits per heavy atom. The van der Waals surface area contributed by atoms with Crippen molar-refractivity contribution in [1.29, 1.82) is 0 Å². The first-order chi connectivity index (χ1) is 9.75. The summed E-state index contributed by atoms with van der Waals surface area (Å²) in [5, 5.41) is 0.